The lowest BCUT2D eigenvalue weighted by Crippen LogP contribution is -2.26. The fraction of sp³-hybridized carbons (Fsp3) is 0. The number of benzene rings is 3. The summed E-state index contributed by atoms with van der Waals surface area (Å²) in [6, 6.07) is 26.2. The lowest BCUT2D eigenvalue weighted by molar-refractivity contribution is 0.0999. The number of rotatable bonds is 3. The molecule has 0 unspecified atom stereocenters. The van der Waals surface area contributed by atoms with Gasteiger partial charge in [0.25, 0.3) is 5.91 Å². The van der Waals surface area contributed by atoms with Crippen LogP contribution in [0.25, 0.3) is 0 Å². The van der Waals surface area contributed by atoms with Crippen LogP contribution in [0.4, 0.5) is 11.4 Å². The third-order valence-electron chi connectivity index (χ3n) is 3.34. The highest BCUT2D eigenvalue weighted by atomic mass is 35.5. The Morgan fingerprint density at radius 1 is 0.682 bits per heavy atom. The Morgan fingerprint density at radius 2 is 1.14 bits per heavy atom. The Bertz CT molecular complexity index is 732. The zero-order chi connectivity index (χ0) is 15.4. The molecule has 108 valence electrons. The fourth-order valence-electron chi connectivity index (χ4n) is 2.29. The van der Waals surface area contributed by atoms with Crippen LogP contribution in [0.5, 0.6) is 0 Å². The average molecular weight is 308 g/mol. The molecule has 0 aliphatic carbocycles. The van der Waals surface area contributed by atoms with Gasteiger partial charge in [0.1, 0.15) is 0 Å². The van der Waals surface area contributed by atoms with Crippen LogP contribution in [0, 0.1) is 0 Å². The van der Waals surface area contributed by atoms with Gasteiger partial charge in [-0.2, -0.15) is 0 Å². The predicted octanol–water partition coefficient (Wildman–Crippen LogP) is 5.32. The summed E-state index contributed by atoms with van der Waals surface area (Å²) in [4.78, 5) is 14.7. The highest BCUT2D eigenvalue weighted by Crippen LogP contribution is 2.29. The van der Waals surface area contributed by atoms with Gasteiger partial charge in [-0.1, -0.05) is 60.1 Å². The van der Waals surface area contributed by atoms with E-state index < -0.39 is 0 Å². The molecule has 1 amide bonds. The minimum Gasteiger partial charge on any atom is -0.277 e. The zero-order valence-corrected chi connectivity index (χ0v) is 12.6. The monoisotopic (exact) mass is 307 g/mol. The molecule has 0 saturated heterocycles. The van der Waals surface area contributed by atoms with Crippen molar-refractivity contribution in [3.05, 3.63) is 95.5 Å². The van der Waals surface area contributed by atoms with Crippen LogP contribution in [0.1, 0.15) is 10.4 Å². The number of amides is 1. The number of hydrogen-bond acceptors (Lipinski definition) is 1. The first-order chi connectivity index (χ1) is 10.8. The number of hydrogen-bond donors (Lipinski definition) is 0. The lowest BCUT2D eigenvalue weighted by atomic mass is 10.1. The summed E-state index contributed by atoms with van der Waals surface area (Å²) in [6.45, 7) is 0. The summed E-state index contributed by atoms with van der Waals surface area (Å²) in [5.41, 5.74) is 2.09. The molecule has 0 radical (unpaired) electrons. The summed E-state index contributed by atoms with van der Waals surface area (Å²) in [5.74, 6) is -0.150. The number of nitrogens with zero attached hydrogens (tertiary/aromatic N) is 1. The molecular formula is C19H14ClNO. The normalized spacial score (nSPS) is 10.2. The molecule has 0 bridgehead atoms. The van der Waals surface area contributed by atoms with Gasteiger partial charge in [-0.3, -0.25) is 9.69 Å². The Morgan fingerprint density at radius 3 is 1.64 bits per heavy atom. The van der Waals surface area contributed by atoms with Gasteiger partial charge in [-0.05, 0) is 36.4 Å². The van der Waals surface area contributed by atoms with Crippen LogP contribution in [0.15, 0.2) is 84.9 Å². The van der Waals surface area contributed by atoms with Gasteiger partial charge in [0, 0.05) is 11.4 Å². The molecule has 0 atom stereocenters. The van der Waals surface area contributed by atoms with Crippen LogP contribution >= 0.6 is 11.6 Å². The van der Waals surface area contributed by atoms with E-state index in [0.29, 0.717) is 10.6 Å². The summed E-state index contributed by atoms with van der Waals surface area (Å²) < 4.78 is 0. The van der Waals surface area contributed by atoms with Crippen molar-refractivity contribution < 1.29 is 4.79 Å². The molecule has 3 heteroatoms. The third kappa shape index (κ3) is 2.87. The molecular weight excluding hydrogens is 294 g/mol. The molecule has 0 saturated carbocycles. The van der Waals surface area contributed by atoms with Gasteiger partial charge in [0.15, 0.2) is 0 Å². The number of carbonyl (C=O) groups is 1. The SMILES string of the molecule is O=C(c1ccccc1Cl)N(c1ccccc1)c1ccccc1. The first-order valence-corrected chi connectivity index (χ1v) is 7.34. The van der Waals surface area contributed by atoms with Crippen LogP contribution in [-0.4, -0.2) is 5.91 Å². The van der Waals surface area contributed by atoms with Crippen molar-refractivity contribution in [3.8, 4) is 0 Å². The van der Waals surface area contributed by atoms with Crippen molar-refractivity contribution in [2.45, 2.75) is 0 Å². The van der Waals surface area contributed by atoms with Crippen LogP contribution in [0.2, 0.25) is 5.02 Å². The summed E-state index contributed by atoms with van der Waals surface area (Å²) in [5, 5.41) is 0.448. The highest BCUT2D eigenvalue weighted by Gasteiger charge is 2.21. The standard InChI is InChI=1S/C19H14ClNO/c20-18-14-8-7-13-17(18)19(22)21(15-9-3-1-4-10-15)16-11-5-2-6-12-16/h1-14H. The Kier molecular flexibility index (Phi) is 4.22. The Hall–Kier alpha value is -2.58. The molecule has 2 nitrogen and oxygen atoms in total. The second kappa shape index (κ2) is 6.46. The van der Waals surface area contributed by atoms with Crippen molar-refractivity contribution in [1.29, 1.82) is 0 Å². The van der Waals surface area contributed by atoms with Crippen molar-refractivity contribution in [2.24, 2.45) is 0 Å². The maximum atomic E-state index is 13.0. The summed E-state index contributed by atoms with van der Waals surface area (Å²) >= 11 is 6.19. The lowest BCUT2D eigenvalue weighted by Gasteiger charge is -2.23. The van der Waals surface area contributed by atoms with E-state index in [1.54, 1.807) is 17.0 Å². The summed E-state index contributed by atoms with van der Waals surface area (Å²) in [7, 11) is 0. The largest absolute Gasteiger partial charge is 0.277 e. The van der Waals surface area contributed by atoms with Gasteiger partial charge in [0.05, 0.1) is 10.6 Å². The van der Waals surface area contributed by atoms with Crippen molar-refractivity contribution in [3.63, 3.8) is 0 Å². The molecule has 0 spiro atoms. The van der Waals surface area contributed by atoms with E-state index in [2.05, 4.69) is 0 Å². The number of halogens is 1. The van der Waals surface area contributed by atoms with E-state index in [4.69, 9.17) is 11.6 Å². The first-order valence-electron chi connectivity index (χ1n) is 6.96. The Balaban J connectivity index is 2.11. The second-order valence-corrected chi connectivity index (χ2v) is 5.20. The van der Waals surface area contributed by atoms with Crippen LogP contribution in [0.3, 0.4) is 0 Å². The average Bonchev–Trinajstić information content (AvgIpc) is 2.57. The van der Waals surface area contributed by atoms with Crippen molar-refractivity contribution in [1.82, 2.24) is 0 Å². The molecule has 22 heavy (non-hydrogen) atoms. The molecule has 0 heterocycles. The minimum absolute atomic E-state index is 0.150. The molecule has 0 aromatic heterocycles. The van der Waals surface area contributed by atoms with Crippen LogP contribution < -0.4 is 4.90 Å². The first kappa shape index (κ1) is 14.4. The van der Waals surface area contributed by atoms with E-state index in [1.165, 1.54) is 0 Å². The maximum Gasteiger partial charge on any atom is 0.264 e. The number of carbonyl (C=O) groups excluding carboxylic acids is 1. The predicted molar refractivity (Wildman–Crippen MR) is 90.8 cm³/mol. The smallest absolute Gasteiger partial charge is 0.264 e. The molecule has 0 aliphatic heterocycles. The minimum atomic E-state index is -0.150. The number of para-hydroxylation sites is 2. The molecule has 3 aromatic rings. The molecule has 3 rings (SSSR count). The van der Waals surface area contributed by atoms with Gasteiger partial charge < -0.3 is 0 Å². The maximum absolute atomic E-state index is 13.0. The zero-order valence-electron chi connectivity index (χ0n) is 11.8. The number of anilines is 2. The van der Waals surface area contributed by atoms with E-state index in [-0.39, 0.29) is 5.91 Å². The Labute approximate surface area is 134 Å². The second-order valence-electron chi connectivity index (χ2n) is 4.79. The highest BCUT2D eigenvalue weighted by molar-refractivity contribution is 6.34. The quantitative estimate of drug-likeness (QED) is 0.641. The van der Waals surface area contributed by atoms with E-state index >= 15 is 0 Å². The molecule has 0 N–H and O–H groups in total. The third-order valence-corrected chi connectivity index (χ3v) is 3.67. The van der Waals surface area contributed by atoms with Gasteiger partial charge in [0.2, 0.25) is 0 Å². The molecule has 3 aromatic carbocycles. The van der Waals surface area contributed by atoms with E-state index in [0.717, 1.165) is 11.4 Å². The van der Waals surface area contributed by atoms with Crippen LogP contribution in [-0.2, 0) is 0 Å². The van der Waals surface area contributed by atoms with Gasteiger partial charge in [-0.15, -0.1) is 0 Å². The van der Waals surface area contributed by atoms with Crippen molar-refractivity contribution in [2.75, 3.05) is 4.90 Å². The van der Waals surface area contributed by atoms with Gasteiger partial charge >= 0.3 is 0 Å². The van der Waals surface area contributed by atoms with E-state index in [1.807, 2.05) is 72.8 Å². The van der Waals surface area contributed by atoms with E-state index in [9.17, 15) is 4.79 Å². The molecule has 0 fully saturated rings. The topological polar surface area (TPSA) is 20.3 Å². The van der Waals surface area contributed by atoms with Gasteiger partial charge in [-0.25, -0.2) is 0 Å². The fourth-order valence-corrected chi connectivity index (χ4v) is 2.51. The summed E-state index contributed by atoms with van der Waals surface area (Å²) in [6.07, 6.45) is 0. The van der Waals surface area contributed by atoms with Crippen molar-refractivity contribution >= 4 is 28.9 Å². The molecule has 0 aliphatic rings.